The Morgan fingerprint density at radius 3 is 2.04 bits per heavy atom. The van der Waals surface area contributed by atoms with Crippen molar-refractivity contribution in [3.63, 3.8) is 0 Å². The fourth-order valence-electron chi connectivity index (χ4n) is 7.80. The van der Waals surface area contributed by atoms with Gasteiger partial charge in [0.15, 0.2) is 0 Å². The number of nitrogens with zero attached hydrogens (tertiary/aromatic N) is 3. The summed E-state index contributed by atoms with van der Waals surface area (Å²) in [6.07, 6.45) is 10.5. The van der Waals surface area contributed by atoms with Gasteiger partial charge in [0.1, 0.15) is 0 Å². The second-order valence-corrected chi connectivity index (χ2v) is 13.5. The van der Waals surface area contributed by atoms with Crippen LogP contribution in [0.4, 0.5) is 0 Å². The van der Waals surface area contributed by atoms with Crippen molar-refractivity contribution >= 4 is 29.9 Å². The monoisotopic (exact) mass is 633 g/mol. The van der Waals surface area contributed by atoms with Crippen molar-refractivity contribution in [1.29, 1.82) is 0 Å². The summed E-state index contributed by atoms with van der Waals surface area (Å²) < 4.78 is 2.28. The number of benzene rings is 5. The standard InChI is InChI=1S/C44H31N3S/c1-29(45-2)34-13-5-8-18-43(34)48-47-24-10-12-33(28-47)31-20-22-38-37-21-19-30(32-11-9-23-46-27-32)25-41(37)44(42(38)26-31)39-16-6-3-14-35(39)36-15-4-7-17-40(36)44/h3-23,25-28H,1-2,24H2. The molecule has 0 saturated heterocycles. The zero-order chi connectivity index (χ0) is 32.2. The van der Waals surface area contributed by atoms with E-state index < -0.39 is 5.41 Å². The lowest BCUT2D eigenvalue weighted by Gasteiger charge is -2.31. The van der Waals surface area contributed by atoms with Crippen LogP contribution >= 0.6 is 11.9 Å². The van der Waals surface area contributed by atoms with Gasteiger partial charge in [-0.25, -0.2) is 0 Å². The summed E-state index contributed by atoms with van der Waals surface area (Å²) in [6.45, 7) is 8.61. The predicted molar refractivity (Wildman–Crippen MR) is 201 cm³/mol. The topological polar surface area (TPSA) is 28.5 Å². The molecule has 3 nitrogen and oxygen atoms in total. The maximum Gasteiger partial charge on any atom is 0.0725 e. The van der Waals surface area contributed by atoms with Gasteiger partial charge in [0.25, 0.3) is 0 Å². The third-order valence-electron chi connectivity index (χ3n) is 9.89. The van der Waals surface area contributed by atoms with Gasteiger partial charge in [0.05, 0.1) is 11.1 Å². The van der Waals surface area contributed by atoms with E-state index in [1.807, 2.05) is 24.5 Å². The molecule has 0 fully saturated rings. The summed E-state index contributed by atoms with van der Waals surface area (Å²) in [6, 6.07) is 44.4. The molecule has 6 aromatic rings. The third-order valence-corrected chi connectivity index (χ3v) is 10.9. The van der Waals surface area contributed by atoms with Gasteiger partial charge in [-0.2, -0.15) is 0 Å². The first kappa shape index (κ1) is 28.5. The maximum atomic E-state index is 4.44. The highest BCUT2D eigenvalue weighted by Gasteiger charge is 2.51. The molecule has 0 radical (unpaired) electrons. The minimum atomic E-state index is -0.434. The Labute approximate surface area is 285 Å². The van der Waals surface area contributed by atoms with Crippen LogP contribution < -0.4 is 0 Å². The Morgan fingerprint density at radius 1 is 0.688 bits per heavy atom. The molecule has 0 atom stereocenters. The van der Waals surface area contributed by atoms with Crippen LogP contribution in [0.25, 0.3) is 44.7 Å². The molecular weight excluding hydrogens is 603 g/mol. The van der Waals surface area contributed by atoms with Crippen molar-refractivity contribution in [3.05, 3.63) is 192 Å². The second kappa shape index (κ2) is 11.2. The fraction of sp³-hybridized carbons (Fsp3) is 0.0455. The molecule has 1 aliphatic heterocycles. The second-order valence-electron chi connectivity index (χ2n) is 12.4. The molecule has 4 heteroatoms. The third kappa shape index (κ3) is 4.23. The number of hydrogen-bond donors (Lipinski definition) is 0. The van der Waals surface area contributed by atoms with E-state index in [0.717, 1.165) is 22.6 Å². The largest absolute Gasteiger partial charge is 0.315 e. The summed E-state index contributed by atoms with van der Waals surface area (Å²) in [7, 11) is 0. The average Bonchev–Trinajstić information content (AvgIpc) is 3.62. The number of hydrogen-bond acceptors (Lipinski definition) is 4. The Bertz CT molecular complexity index is 2300. The lowest BCUT2D eigenvalue weighted by atomic mass is 9.70. The normalized spacial score (nSPS) is 14.6. The molecule has 0 unspecified atom stereocenters. The minimum absolute atomic E-state index is 0.434. The molecule has 228 valence electrons. The molecular formula is C44H31N3S. The molecule has 2 aliphatic carbocycles. The van der Waals surface area contributed by atoms with Crippen LogP contribution in [-0.4, -0.2) is 22.6 Å². The van der Waals surface area contributed by atoms with E-state index in [-0.39, 0.29) is 0 Å². The SMILES string of the molecule is C=NC(=C)c1ccccc1SN1C=C(c2ccc3c(c2)C2(c4ccccc4-c4ccccc42)c2cc(-c4cccnc4)ccc2-3)C=CC1. The summed E-state index contributed by atoms with van der Waals surface area (Å²) in [5.41, 5.74) is 16.4. The zero-order valence-corrected chi connectivity index (χ0v) is 27.1. The zero-order valence-electron chi connectivity index (χ0n) is 26.3. The van der Waals surface area contributed by atoms with Gasteiger partial charge >= 0.3 is 0 Å². The van der Waals surface area contributed by atoms with Crippen LogP contribution in [0.3, 0.4) is 0 Å². The van der Waals surface area contributed by atoms with Gasteiger partial charge in [-0.3, -0.25) is 9.98 Å². The van der Waals surface area contributed by atoms with Crippen LogP contribution in [0.5, 0.6) is 0 Å². The van der Waals surface area contributed by atoms with Gasteiger partial charge in [-0.05, 0) is 110 Å². The Morgan fingerprint density at radius 2 is 1.33 bits per heavy atom. The van der Waals surface area contributed by atoms with E-state index in [9.17, 15) is 0 Å². The quantitative estimate of drug-likeness (QED) is 0.135. The van der Waals surface area contributed by atoms with Crippen LogP contribution in [0, 0.1) is 0 Å². The summed E-state index contributed by atoms with van der Waals surface area (Å²) in [5, 5.41) is 0. The number of fused-ring (bicyclic) bond motifs is 10. The first-order valence-corrected chi connectivity index (χ1v) is 16.9. The van der Waals surface area contributed by atoms with Gasteiger partial charge in [0, 0.05) is 35.6 Å². The van der Waals surface area contributed by atoms with Crippen LogP contribution in [0.2, 0.25) is 0 Å². The molecule has 0 N–H and O–H groups in total. The number of pyridine rings is 1. The van der Waals surface area contributed by atoms with Crippen molar-refractivity contribution in [1.82, 2.24) is 9.29 Å². The molecule has 0 saturated carbocycles. The summed E-state index contributed by atoms with van der Waals surface area (Å²) in [4.78, 5) is 9.65. The van der Waals surface area contributed by atoms with Gasteiger partial charge < -0.3 is 4.31 Å². The van der Waals surface area contributed by atoms with Gasteiger partial charge in [-0.15, -0.1) is 0 Å². The average molecular weight is 634 g/mol. The molecule has 0 bridgehead atoms. The van der Waals surface area contributed by atoms with E-state index in [1.54, 1.807) is 11.9 Å². The van der Waals surface area contributed by atoms with E-state index >= 15 is 0 Å². The number of aromatic nitrogens is 1. The first-order valence-electron chi connectivity index (χ1n) is 16.1. The lowest BCUT2D eigenvalue weighted by Crippen LogP contribution is -2.26. The van der Waals surface area contributed by atoms with E-state index in [4.69, 9.17) is 0 Å². The Balaban J connectivity index is 1.22. The molecule has 48 heavy (non-hydrogen) atoms. The minimum Gasteiger partial charge on any atom is -0.315 e. The van der Waals surface area contributed by atoms with E-state index in [0.29, 0.717) is 5.70 Å². The number of rotatable bonds is 6. The van der Waals surface area contributed by atoms with E-state index in [2.05, 4.69) is 155 Å². The highest BCUT2D eigenvalue weighted by molar-refractivity contribution is 7.97. The fourth-order valence-corrected chi connectivity index (χ4v) is 8.80. The molecule has 3 aliphatic rings. The number of allylic oxidation sites excluding steroid dienone is 2. The highest BCUT2D eigenvalue weighted by atomic mass is 32.2. The molecule has 5 aromatic carbocycles. The maximum absolute atomic E-state index is 4.44. The highest BCUT2D eigenvalue weighted by Crippen LogP contribution is 2.63. The Kier molecular flexibility index (Phi) is 6.66. The van der Waals surface area contributed by atoms with Crippen molar-refractivity contribution in [3.8, 4) is 33.4 Å². The lowest BCUT2D eigenvalue weighted by molar-refractivity contribution is 0.693. The smallest absolute Gasteiger partial charge is 0.0725 e. The van der Waals surface area contributed by atoms with Crippen molar-refractivity contribution in [2.45, 2.75) is 10.3 Å². The summed E-state index contributed by atoms with van der Waals surface area (Å²) >= 11 is 1.70. The van der Waals surface area contributed by atoms with Crippen molar-refractivity contribution < 1.29 is 0 Å². The van der Waals surface area contributed by atoms with Crippen LogP contribution in [-0.2, 0) is 5.41 Å². The summed E-state index contributed by atoms with van der Waals surface area (Å²) in [5.74, 6) is 0. The van der Waals surface area contributed by atoms with E-state index in [1.165, 1.54) is 61.2 Å². The van der Waals surface area contributed by atoms with Crippen molar-refractivity contribution in [2.75, 3.05) is 6.54 Å². The molecule has 1 spiro atoms. The first-order chi connectivity index (χ1) is 23.7. The molecule has 1 aromatic heterocycles. The van der Waals surface area contributed by atoms with Crippen molar-refractivity contribution in [2.24, 2.45) is 4.99 Å². The van der Waals surface area contributed by atoms with Gasteiger partial charge in [0.2, 0.25) is 0 Å². The molecule has 0 amide bonds. The predicted octanol–water partition coefficient (Wildman–Crippen LogP) is 10.7. The molecule has 9 rings (SSSR count). The van der Waals surface area contributed by atoms with Crippen LogP contribution in [0.15, 0.2) is 169 Å². The molecule has 2 heterocycles. The van der Waals surface area contributed by atoms with Gasteiger partial charge in [-0.1, -0.05) is 116 Å². The number of aliphatic imine (C=N–C) groups is 1. The Hall–Kier alpha value is -5.71. The van der Waals surface area contributed by atoms with Crippen LogP contribution in [0.1, 0.15) is 33.4 Å².